The van der Waals surface area contributed by atoms with Crippen molar-refractivity contribution in [1.29, 1.82) is 5.26 Å². The van der Waals surface area contributed by atoms with Gasteiger partial charge in [-0.1, -0.05) is 0 Å². The van der Waals surface area contributed by atoms with Gasteiger partial charge >= 0.3 is 0 Å². The summed E-state index contributed by atoms with van der Waals surface area (Å²) in [5.41, 5.74) is 1.66. The minimum Gasteiger partial charge on any atom is -0.369 e. The molecular formula is C12H13FN2. The summed E-state index contributed by atoms with van der Waals surface area (Å²) in [6.07, 6.45) is 0.864. The van der Waals surface area contributed by atoms with E-state index in [-0.39, 0.29) is 0 Å². The molecule has 2 rings (SSSR count). The Morgan fingerprint density at radius 1 is 1.33 bits per heavy atom. The Bertz CT molecular complexity index is 366. The second kappa shape index (κ2) is 4.31. The van der Waals surface area contributed by atoms with Gasteiger partial charge in [0.2, 0.25) is 0 Å². The van der Waals surface area contributed by atoms with Crippen LogP contribution in [0.2, 0.25) is 0 Å². The van der Waals surface area contributed by atoms with Gasteiger partial charge in [-0.3, -0.25) is 0 Å². The van der Waals surface area contributed by atoms with Gasteiger partial charge in [0.25, 0.3) is 0 Å². The van der Waals surface area contributed by atoms with Gasteiger partial charge in [-0.05, 0) is 37.1 Å². The number of halogens is 1. The lowest BCUT2D eigenvalue weighted by atomic mass is 10.1. The first-order valence-corrected chi connectivity index (χ1v) is 5.19. The Morgan fingerprint density at radius 2 is 2.07 bits per heavy atom. The van der Waals surface area contributed by atoms with Crippen molar-refractivity contribution in [3.05, 3.63) is 29.8 Å². The number of hydrogen-bond acceptors (Lipinski definition) is 2. The zero-order valence-electron chi connectivity index (χ0n) is 8.49. The molecule has 0 N–H and O–H groups in total. The van der Waals surface area contributed by atoms with Crippen molar-refractivity contribution in [1.82, 2.24) is 0 Å². The minimum atomic E-state index is -0.714. The summed E-state index contributed by atoms with van der Waals surface area (Å²) < 4.78 is 13.2. The normalized spacial score (nSPS) is 21.1. The van der Waals surface area contributed by atoms with Crippen LogP contribution in [0.3, 0.4) is 0 Å². The van der Waals surface area contributed by atoms with Crippen molar-refractivity contribution in [3.8, 4) is 6.07 Å². The molecule has 0 bridgehead atoms. The van der Waals surface area contributed by atoms with E-state index in [1.54, 1.807) is 12.1 Å². The Morgan fingerprint density at radius 3 is 2.67 bits per heavy atom. The van der Waals surface area contributed by atoms with Crippen LogP contribution in [0.4, 0.5) is 10.1 Å². The molecule has 0 radical (unpaired) electrons. The first-order chi connectivity index (χ1) is 7.29. The molecule has 0 aromatic heterocycles. The third-order valence-corrected chi connectivity index (χ3v) is 2.73. The monoisotopic (exact) mass is 204 g/mol. The van der Waals surface area contributed by atoms with E-state index in [0.717, 1.165) is 18.7 Å². The van der Waals surface area contributed by atoms with Gasteiger partial charge in [0.05, 0.1) is 11.6 Å². The van der Waals surface area contributed by atoms with E-state index in [9.17, 15) is 4.39 Å². The predicted octanol–water partition coefficient (Wildman–Crippen LogP) is 2.50. The first kappa shape index (κ1) is 9.97. The molecule has 0 saturated carbocycles. The standard InChI is InChI=1S/C12H13FN2/c13-11-2-1-7-15(9-11)12-5-3-10(8-14)4-6-12/h3-6,11H,1-2,7,9H2. The van der Waals surface area contributed by atoms with E-state index in [1.165, 1.54) is 0 Å². The predicted molar refractivity (Wildman–Crippen MR) is 57.5 cm³/mol. The summed E-state index contributed by atoms with van der Waals surface area (Å²) in [5.74, 6) is 0. The lowest BCUT2D eigenvalue weighted by Crippen LogP contribution is -2.36. The van der Waals surface area contributed by atoms with Crippen LogP contribution in [0.5, 0.6) is 0 Å². The zero-order chi connectivity index (χ0) is 10.7. The highest BCUT2D eigenvalue weighted by molar-refractivity contribution is 5.50. The number of anilines is 1. The molecule has 0 spiro atoms. The van der Waals surface area contributed by atoms with E-state index in [1.807, 2.05) is 17.0 Å². The molecule has 78 valence electrons. The number of nitriles is 1. The minimum absolute atomic E-state index is 0.478. The highest BCUT2D eigenvalue weighted by Gasteiger charge is 2.18. The third kappa shape index (κ3) is 2.27. The molecule has 1 aromatic rings. The van der Waals surface area contributed by atoms with Crippen LogP contribution in [0, 0.1) is 11.3 Å². The highest BCUT2D eigenvalue weighted by Crippen LogP contribution is 2.21. The molecule has 1 fully saturated rings. The third-order valence-electron chi connectivity index (χ3n) is 2.73. The SMILES string of the molecule is N#Cc1ccc(N2CCCC(F)C2)cc1. The van der Waals surface area contributed by atoms with E-state index >= 15 is 0 Å². The summed E-state index contributed by atoms with van der Waals surface area (Å²) in [6.45, 7) is 1.39. The molecule has 2 nitrogen and oxygen atoms in total. The Balaban J connectivity index is 2.12. The van der Waals surface area contributed by atoms with Crippen LogP contribution < -0.4 is 4.90 Å². The second-order valence-electron chi connectivity index (χ2n) is 3.84. The maximum atomic E-state index is 13.2. The van der Waals surface area contributed by atoms with Gasteiger partial charge in [0.1, 0.15) is 6.17 Å². The van der Waals surface area contributed by atoms with Crippen molar-refractivity contribution in [2.45, 2.75) is 19.0 Å². The van der Waals surface area contributed by atoms with Crippen LogP contribution in [0.1, 0.15) is 18.4 Å². The Labute approximate surface area is 88.9 Å². The maximum absolute atomic E-state index is 13.2. The molecule has 0 amide bonds. The number of alkyl halides is 1. The van der Waals surface area contributed by atoms with Crippen LogP contribution >= 0.6 is 0 Å². The molecule has 1 saturated heterocycles. The fourth-order valence-corrected chi connectivity index (χ4v) is 1.91. The maximum Gasteiger partial charge on any atom is 0.118 e. The Hall–Kier alpha value is -1.56. The number of rotatable bonds is 1. The van der Waals surface area contributed by atoms with Gasteiger partial charge in [-0.2, -0.15) is 5.26 Å². The van der Waals surface area contributed by atoms with Gasteiger partial charge in [-0.25, -0.2) is 4.39 Å². The summed E-state index contributed by atoms with van der Waals surface area (Å²) >= 11 is 0. The van der Waals surface area contributed by atoms with Crippen molar-refractivity contribution in [2.75, 3.05) is 18.0 Å². The highest BCUT2D eigenvalue weighted by atomic mass is 19.1. The van der Waals surface area contributed by atoms with Gasteiger partial charge in [-0.15, -0.1) is 0 Å². The Kier molecular flexibility index (Phi) is 2.86. The van der Waals surface area contributed by atoms with E-state index in [2.05, 4.69) is 6.07 Å². The quantitative estimate of drug-likeness (QED) is 0.702. The molecule has 15 heavy (non-hydrogen) atoms. The first-order valence-electron chi connectivity index (χ1n) is 5.19. The molecule has 1 unspecified atom stereocenters. The van der Waals surface area contributed by atoms with E-state index in [4.69, 9.17) is 5.26 Å². The van der Waals surface area contributed by atoms with Gasteiger partial charge in [0, 0.05) is 18.8 Å². The fourth-order valence-electron chi connectivity index (χ4n) is 1.91. The van der Waals surface area contributed by atoms with Crippen molar-refractivity contribution in [2.24, 2.45) is 0 Å². The van der Waals surface area contributed by atoms with Gasteiger partial charge in [0.15, 0.2) is 0 Å². The second-order valence-corrected chi connectivity index (χ2v) is 3.84. The molecule has 1 atom stereocenters. The molecular weight excluding hydrogens is 191 g/mol. The van der Waals surface area contributed by atoms with E-state index < -0.39 is 6.17 Å². The number of hydrogen-bond donors (Lipinski definition) is 0. The molecule has 0 aliphatic carbocycles. The molecule has 3 heteroatoms. The lowest BCUT2D eigenvalue weighted by molar-refractivity contribution is 0.287. The average molecular weight is 204 g/mol. The van der Waals surface area contributed by atoms with E-state index in [0.29, 0.717) is 18.5 Å². The topological polar surface area (TPSA) is 27.0 Å². The summed E-state index contributed by atoms with van der Waals surface area (Å²) in [7, 11) is 0. The summed E-state index contributed by atoms with van der Waals surface area (Å²) in [6, 6.07) is 9.39. The van der Waals surface area contributed by atoms with Crippen LogP contribution in [0.15, 0.2) is 24.3 Å². The average Bonchev–Trinajstić information content (AvgIpc) is 2.29. The number of piperidine rings is 1. The fraction of sp³-hybridized carbons (Fsp3) is 0.417. The smallest absolute Gasteiger partial charge is 0.118 e. The van der Waals surface area contributed by atoms with Gasteiger partial charge < -0.3 is 4.90 Å². The molecule has 1 aliphatic heterocycles. The van der Waals surface area contributed by atoms with Crippen molar-refractivity contribution in [3.63, 3.8) is 0 Å². The largest absolute Gasteiger partial charge is 0.369 e. The summed E-state index contributed by atoms with van der Waals surface area (Å²) in [4.78, 5) is 2.04. The van der Waals surface area contributed by atoms with Crippen LogP contribution in [-0.2, 0) is 0 Å². The molecule has 1 aromatic carbocycles. The summed E-state index contributed by atoms with van der Waals surface area (Å²) in [5, 5.41) is 8.66. The molecule has 1 heterocycles. The molecule has 1 aliphatic rings. The number of benzene rings is 1. The van der Waals surface area contributed by atoms with Crippen LogP contribution in [0.25, 0.3) is 0 Å². The zero-order valence-corrected chi connectivity index (χ0v) is 8.49. The van der Waals surface area contributed by atoms with Crippen molar-refractivity contribution < 1.29 is 4.39 Å². The number of nitrogens with zero attached hydrogens (tertiary/aromatic N) is 2. The van der Waals surface area contributed by atoms with Crippen molar-refractivity contribution >= 4 is 5.69 Å². The lowest BCUT2D eigenvalue weighted by Gasteiger charge is -2.30. The van der Waals surface area contributed by atoms with Crippen LogP contribution in [-0.4, -0.2) is 19.3 Å².